The Hall–Kier alpha value is -5.27. The van der Waals surface area contributed by atoms with Gasteiger partial charge < -0.3 is 42.9 Å². The summed E-state index contributed by atoms with van der Waals surface area (Å²) < 4.78 is 44.7. The molecule has 3 heterocycles. The third-order valence-corrected chi connectivity index (χ3v) is 10.9. The number of aromatic amines is 1. The second-order valence-electron chi connectivity index (χ2n) is 13.6. The predicted molar refractivity (Wildman–Crippen MR) is 191 cm³/mol. The van der Waals surface area contributed by atoms with Crippen molar-refractivity contribution < 1.29 is 52.3 Å². The van der Waals surface area contributed by atoms with Gasteiger partial charge in [-0.15, -0.1) is 0 Å². The predicted octanol–water partition coefficient (Wildman–Crippen LogP) is 5.88. The molecule has 1 saturated carbocycles. The van der Waals surface area contributed by atoms with Crippen LogP contribution in [-0.4, -0.2) is 88.8 Å². The highest BCUT2D eigenvalue weighted by Gasteiger charge is 2.54. The first kappa shape index (κ1) is 36.1. The molecule has 1 aliphatic carbocycles. The molecular weight excluding hydrogens is 684 g/mol. The van der Waals surface area contributed by atoms with Crippen molar-refractivity contribution in [2.45, 2.75) is 44.1 Å². The Bertz CT molecular complexity index is 1950. The average Bonchev–Trinajstić information content (AvgIpc) is 3.57. The number of ether oxygens (including phenoxy) is 8. The summed E-state index contributed by atoms with van der Waals surface area (Å²) >= 11 is 0. The SMILES string of the molecule is COC(=O)C1C2CC3c4[nH]c5cc(OC)ccc5c4CCN3CC2CC(OC(=O)c2cc(OC)c(OC(=O)OCc3ccccc3)c(OC)c2)C1OC. The summed E-state index contributed by atoms with van der Waals surface area (Å²) in [7, 11) is 7.31. The summed E-state index contributed by atoms with van der Waals surface area (Å²) in [6.45, 7) is 1.59. The maximum Gasteiger partial charge on any atom is 0.514 e. The van der Waals surface area contributed by atoms with Crippen LogP contribution in [-0.2, 0) is 36.8 Å². The molecule has 13 nitrogen and oxygen atoms in total. The molecule has 1 N–H and O–H groups in total. The van der Waals surface area contributed by atoms with Crippen LogP contribution in [0.2, 0.25) is 0 Å². The van der Waals surface area contributed by atoms with E-state index in [1.54, 1.807) is 7.11 Å². The molecule has 0 spiro atoms. The van der Waals surface area contributed by atoms with Crippen LogP contribution in [0.5, 0.6) is 23.0 Å². The number of esters is 2. The van der Waals surface area contributed by atoms with Gasteiger partial charge in [-0.25, -0.2) is 9.59 Å². The van der Waals surface area contributed by atoms with Crippen LogP contribution in [0.3, 0.4) is 0 Å². The number of hydrogen-bond donors (Lipinski definition) is 1. The number of nitrogens with one attached hydrogen (secondary N) is 1. The summed E-state index contributed by atoms with van der Waals surface area (Å²) in [6, 6.07) is 18.2. The first-order chi connectivity index (χ1) is 25.8. The molecule has 1 aromatic heterocycles. The first-order valence-electron chi connectivity index (χ1n) is 17.6. The molecule has 13 heteroatoms. The van der Waals surface area contributed by atoms with Crippen molar-refractivity contribution in [2.75, 3.05) is 48.6 Å². The Kier molecular flexibility index (Phi) is 10.5. The Morgan fingerprint density at radius 2 is 1.64 bits per heavy atom. The van der Waals surface area contributed by atoms with Gasteiger partial charge in [0.05, 0.1) is 46.0 Å². The molecule has 7 rings (SSSR count). The van der Waals surface area contributed by atoms with Crippen LogP contribution >= 0.6 is 0 Å². The maximum atomic E-state index is 13.8. The van der Waals surface area contributed by atoms with E-state index in [-0.39, 0.29) is 47.3 Å². The minimum atomic E-state index is -0.973. The normalized spacial score (nSPS) is 23.5. The van der Waals surface area contributed by atoms with Gasteiger partial charge in [0.1, 0.15) is 24.6 Å². The fraction of sp³-hybridized carbons (Fsp3) is 0.425. The largest absolute Gasteiger partial charge is 0.514 e. The van der Waals surface area contributed by atoms with E-state index in [1.807, 2.05) is 42.5 Å². The van der Waals surface area contributed by atoms with Gasteiger partial charge in [0.25, 0.3) is 0 Å². The number of piperidine rings is 1. The molecule has 3 aromatic carbocycles. The van der Waals surface area contributed by atoms with E-state index in [0.717, 1.165) is 36.3 Å². The van der Waals surface area contributed by atoms with E-state index in [4.69, 9.17) is 37.9 Å². The maximum absolute atomic E-state index is 13.8. The molecule has 0 amide bonds. The molecule has 280 valence electrons. The summed E-state index contributed by atoms with van der Waals surface area (Å²) in [5, 5.41) is 1.19. The third kappa shape index (κ3) is 6.98. The standard InChI is InChI=1S/C40H44N2O11/c1-46-25-11-12-26-27-13-14-42-20-24-17-33(37(49-4)34(39(44)50-5)28(24)19-30(42)35(27)41-29(26)18-25)52-38(43)23-15-31(47-2)36(32(16-23)48-3)53-40(45)51-21-22-9-7-6-8-10-22/h6-12,15-16,18,24,28,30,33-34,37,41H,13-14,17,19-21H2,1-5H3. The number of carbonyl (C=O) groups is 3. The van der Waals surface area contributed by atoms with Gasteiger partial charge in [-0.1, -0.05) is 30.3 Å². The van der Waals surface area contributed by atoms with E-state index in [9.17, 15) is 14.4 Å². The van der Waals surface area contributed by atoms with Gasteiger partial charge in [-0.05, 0) is 66.5 Å². The highest BCUT2D eigenvalue weighted by molar-refractivity contribution is 5.92. The summed E-state index contributed by atoms with van der Waals surface area (Å²) in [4.78, 5) is 46.2. The van der Waals surface area contributed by atoms with E-state index in [0.29, 0.717) is 12.8 Å². The highest BCUT2D eigenvalue weighted by atomic mass is 16.7. The van der Waals surface area contributed by atoms with E-state index in [1.165, 1.54) is 57.2 Å². The zero-order chi connectivity index (χ0) is 37.2. The Balaban J connectivity index is 1.10. The van der Waals surface area contributed by atoms with Crippen LogP contribution in [0.1, 0.15) is 46.1 Å². The molecule has 2 aliphatic heterocycles. The Morgan fingerprint density at radius 1 is 0.887 bits per heavy atom. The van der Waals surface area contributed by atoms with Crippen molar-refractivity contribution >= 4 is 29.0 Å². The molecule has 4 aromatic rings. The third-order valence-electron chi connectivity index (χ3n) is 10.9. The number of nitrogens with zero attached hydrogens (tertiary/aromatic N) is 1. The van der Waals surface area contributed by atoms with Gasteiger partial charge in [0, 0.05) is 42.9 Å². The first-order valence-corrected chi connectivity index (χ1v) is 17.6. The molecule has 6 atom stereocenters. The average molecular weight is 729 g/mol. The lowest BCUT2D eigenvalue weighted by atomic mass is 9.63. The van der Waals surface area contributed by atoms with E-state index in [2.05, 4.69) is 16.0 Å². The number of carbonyl (C=O) groups excluding carboxylic acids is 3. The molecule has 1 saturated heterocycles. The summed E-state index contributed by atoms with van der Waals surface area (Å²) in [5.41, 5.74) is 4.38. The number of aromatic nitrogens is 1. The molecule has 0 bridgehead atoms. The monoisotopic (exact) mass is 728 g/mol. The van der Waals surface area contributed by atoms with Crippen molar-refractivity contribution in [3.8, 4) is 23.0 Å². The van der Waals surface area contributed by atoms with E-state index >= 15 is 0 Å². The van der Waals surface area contributed by atoms with Crippen molar-refractivity contribution in [3.05, 3.63) is 83.0 Å². The quantitative estimate of drug-likeness (QED) is 0.118. The summed E-state index contributed by atoms with van der Waals surface area (Å²) in [5.74, 6) is -0.932. The Morgan fingerprint density at radius 3 is 2.32 bits per heavy atom. The lowest BCUT2D eigenvalue weighted by molar-refractivity contribution is -0.176. The lowest BCUT2D eigenvalue weighted by Gasteiger charge is -2.52. The fourth-order valence-corrected chi connectivity index (χ4v) is 8.49. The Labute approximate surface area is 307 Å². The van der Waals surface area contributed by atoms with Gasteiger partial charge in [0.15, 0.2) is 11.5 Å². The van der Waals surface area contributed by atoms with Crippen LogP contribution in [0.25, 0.3) is 10.9 Å². The van der Waals surface area contributed by atoms with E-state index < -0.39 is 36.2 Å². The molecule has 0 radical (unpaired) electrons. The van der Waals surface area contributed by atoms with Gasteiger partial charge in [0.2, 0.25) is 5.75 Å². The van der Waals surface area contributed by atoms with Gasteiger partial charge in [-0.2, -0.15) is 0 Å². The number of rotatable bonds is 10. The number of fused-ring (bicyclic) bond motifs is 6. The van der Waals surface area contributed by atoms with Crippen molar-refractivity contribution in [1.29, 1.82) is 0 Å². The zero-order valence-corrected chi connectivity index (χ0v) is 30.4. The topological polar surface area (TPSA) is 144 Å². The van der Waals surface area contributed by atoms with Crippen molar-refractivity contribution in [1.82, 2.24) is 9.88 Å². The second kappa shape index (κ2) is 15.4. The minimum absolute atomic E-state index is 0.00327. The smallest absolute Gasteiger partial charge is 0.497 e. The van der Waals surface area contributed by atoms with Crippen LogP contribution < -0.4 is 18.9 Å². The number of H-pyrrole nitrogens is 1. The number of hydrogen-bond acceptors (Lipinski definition) is 12. The summed E-state index contributed by atoms with van der Waals surface area (Å²) in [6.07, 6.45) is -0.380. The van der Waals surface area contributed by atoms with Crippen molar-refractivity contribution in [3.63, 3.8) is 0 Å². The molecule has 6 unspecified atom stereocenters. The lowest BCUT2D eigenvalue weighted by Crippen LogP contribution is -2.58. The van der Waals surface area contributed by atoms with Gasteiger partial charge in [-0.3, -0.25) is 9.69 Å². The second-order valence-corrected chi connectivity index (χ2v) is 13.6. The number of benzene rings is 3. The van der Waals surface area contributed by atoms with Crippen LogP contribution in [0.4, 0.5) is 4.79 Å². The fourth-order valence-electron chi connectivity index (χ4n) is 8.49. The number of methoxy groups -OCH3 is 5. The molecular formula is C40H44N2O11. The van der Waals surface area contributed by atoms with Crippen molar-refractivity contribution in [2.24, 2.45) is 17.8 Å². The molecule has 53 heavy (non-hydrogen) atoms. The minimum Gasteiger partial charge on any atom is -0.497 e. The highest BCUT2D eigenvalue weighted by Crippen LogP contribution is 2.51. The van der Waals surface area contributed by atoms with Crippen LogP contribution in [0.15, 0.2) is 60.7 Å². The molecule has 2 fully saturated rings. The van der Waals surface area contributed by atoms with Crippen LogP contribution in [0, 0.1) is 17.8 Å². The van der Waals surface area contributed by atoms with Gasteiger partial charge >= 0.3 is 18.1 Å². The molecule has 3 aliphatic rings. The zero-order valence-electron chi connectivity index (χ0n) is 30.4.